The summed E-state index contributed by atoms with van der Waals surface area (Å²) in [5.41, 5.74) is 4.11. The van der Waals surface area contributed by atoms with Gasteiger partial charge in [-0.2, -0.15) is 9.47 Å². The van der Waals surface area contributed by atoms with Gasteiger partial charge < -0.3 is 5.32 Å². The first kappa shape index (κ1) is 18.3. The van der Waals surface area contributed by atoms with Crippen LogP contribution in [0.3, 0.4) is 0 Å². The zero-order valence-electron chi connectivity index (χ0n) is 15.6. The summed E-state index contributed by atoms with van der Waals surface area (Å²) in [5, 5.41) is 8.55. The van der Waals surface area contributed by atoms with E-state index >= 15 is 0 Å². The van der Waals surface area contributed by atoms with Crippen molar-refractivity contribution < 1.29 is 0 Å². The van der Waals surface area contributed by atoms with E-state index in [0.717, 1.165) is 27.7 Å². The van der Waals surface area contributed by atoms with E-state index in [4.69, 9.17) is 0 Å². The molecule has 0 spiro atoms. The molecule has 0 radical (unpaired) electrons. The summed E-state index contributed by atoms with van der Waals surface area (Å²) in [5.74, 6) is 1.38. The molecule has 1 aliphatic rings. The van der Waals surface area contributed by atoms with Crippen molar-refractivity contribution in [1.82, 2.24) is 14.2 Å². The third-order valence-corrected chi connectivity index (χ3v) is 4.79. The molecule has 26 heavy (non-hydrogen) atoms. The van der Waals surface area contributed by atoms with Gasteiger partial charge in [0.05, 0.1) is 17.6 Å². The van der Waals surface area contributed by atoms with Crippen LogP contribution < -0.4 is 5.32 Å². The SMILES string of the molecule is C/C=C\N=C(Nc1cc(C2CC2)ns1)C(C)=N/C=C(\C)c1cnn(C)c1. The Hall–Kier alpha value is -2.54. The van der Waals surface area contributed by atoms with Crippen LogP contribution in [-0.2, 0) is 7.05 Å². The molecule has 1 saturated carbocycles. The summed E-state index contributed by atoms with van der Waals surface area (Å²) in [4.78, 5) is 9.08. The maximum Gasteiger partial charge on any atom is 0.152 e. The number of amidine groups is 1. The maximum absolute atomic E-state index is 4.59. The smallest absolute Gasteiger partial charge is 0.152 e. The highest BCUT2D eigenvalue weighted by Gasteiger charge is 2.26. The van der Waals surface area contributed by atoms with E-state index < -0.39 is 0 Å². The van der Waals surface area contributed by atoms with Crippen LogP contribution in [-0.4, -0.2) is 25.7 Å². The molecule has 1 fully saturated rings. The third-order valence-electron chi connectivity index (χ3n) is 4.07. The molecule has 1 aliphatic carbocycles. The number of nitrogens with zero attached hydrogens (tertiary/aromatic N) is 5. The molecular formula is C19H24N6S. The molecule has 7 heteroatoms. The average molecular weight is 369 g/mol. The van der Waals surface area contributed by atoms with Crippen molar-refractivity contribution in [3.05, 3.63) is 48.2 Å². The standard InChI is InChI=1S/C19H24N6S/c1-5-8-20-19(23-18-9-17(24-26-18)15-6-7-15)14(3)21-10-13(2)16-11-22-25(4)12-16/h5,8-12,15H,6-7H2,1-4H3,(H,20,23)/b8-5-,13-10+,21-14?. The summed E-state index contributed by atoms with van der Waals surface area (Å²) in [6.07, 6.45) is 11.8. The van der Waals surface area contributed by atoms with Crippen molar-refractivity contribution in [2.45, 2.75) is 39.5 Å². The Kier molecular flexibility index (Phi) is 5.78. The van der Waals surface area contributed by atoms with Gasteiger partial charge in [0.1, 0.15) is 5.00 Å². The largest absolute Gasteiger partial charge is 0.329 e. The Morgan fingerprint density at radius 2 is 2.15 bits per heavy atom. The summed E-state index contributed by atoms with van der Waals surface area (Å²) in [6, 6.07) is 2.12. The van der Waals surface area contributed by atoms with Gasteiger partial charge in [-0.05, 0) is 56.8 Å². The number of aliphatic imine (C=N–C) groups is 2. The molecule has 3 rings (SSSR count). The van der Waals surface area contributed by atoms with E-state index in [0.29, 0.717) is 5.92 Å². The van der Waals surface area contributed by atoms with Crippen LogP contribution in [0.2, 0.25) is 0 Å². The molecule has 0 aliphatic heterocycles. The first-order valence-electron chi connectivity index (χ1n) is 8.70. The van der Waals surface area contributed by atoms with E-state index in [1.165, 1.54) is 30.1 Å². The van der Waals surface area contributed by atoms with Crippen molar-refractivity contribution in [2.75, 3.05) is 5.32 Å². The van der Waals surface area contributed by atoms with E-state index in [2.05, 4.69) is 30.8 Å². The highest BCUT2D eigenvalue weighted by molar-refractivity contribution is 7.10. The first-order chi connectivity index (χ1) is 12.6. The van der Waals surface area contributed by atoms with Gasteiger partial charge in [-0.3, -0.25) is 9.67 Å². The van der Waals surface area contributed by atoms with Gasteiger partial charge in [-0.15, -0.1) is 0 Å². The summed E-state index contributed by atoms with van der Waals surface area (Å²) < 4.78 is 6.31. The second-order valence-corrected chi connectivity index (χ2v) is 7.21. The molecule has 2 aromatic heterocycles. The summed E-state index contributed by atoms with van der Waals surface area (Å²) in [7, 11) is 1.90. The van der Waals surface area contributed by atoms with E-state index in [-0.39, 0.29) is 0 Å². The fraction of sp³-hybridized carbons (Fsp3) is 0.368. The number of allylic oxidation sites excluding steroid dienone is 2. The number of nitrogens with one attached hydrogen (secondary N) is 1. The average Bonchev–Trinajstić information content (AvgIpc) is 3.22. The normalized spacial score (nSPS) is 16.5. The van der Waals surface area contributed by atoms with Crippen molar-refractivity contribution in [2.24, 2.45) is 17.0 Å². The lowest BCUT2D eigenvalue weighted by atomic mass is 10.2. The zero-order chi connectivity index (χ0) is 18.5. The van der Waals surface area contributed by atoms with Gasteiger partial charge in [-0.1, -0.05) is 6.08 Å². The molecule has 0 atom stereocenters. The minimum absolute atomic E-state index is 0.651. The summed E-state index contributed by atoms with van der Waals surface area (Å²) in [6.45, 7) is 5.91. The van der Waals surface area contributed by atoms with Crippen LogP contribution in [0.15, 0.2) is 46.9 Å². The number of hydrogen-bond donors (Lipinski definition) is 1. The third kappa shape index (κ3) is 4.76. The monoisotopic (exact) mass is 368 g/mol. The van der Waals surface area contributed by atoms with Gasteiger partial charge in [0.15, 0.2) is 5.84 Å². The molecule has 0 amide bonds. The van der Waals surface area contributed by atoms with Crippen LogP contribution in [0.25, 0.3) is 5.57 Å². The second-order valence-electron chi connectivity index (χ2n) is 6.40. The van der Waals surface area contributed by atoms with Crippen molar-refractivity contribution in [1.29, 1.82) is 0 Å². The Balaban J connectivity index is 1.77. The lowest BCUT2D eigenvalue weighted by molar-refractivity contribution is 0.767. The van der Waals surface area contributed by atoms with Gasteiger partial charge >= 0.3 is 0 Å². The molecule has 136 valence electrons. The van der Waals surface area contributed by atoms with Crippen molar-refractivity contribution in [3.8, 4) is 0 Å². The van der Waals surface area contributed by atoms with Gasteiger partial charge in [0.2, 0.25) is 0 Å². The van der Waals surface area contributed by atoms with Crippen LogP contribution in [0.5, 0.6) is 0 Å². The minimum Gasteiger partial charge on any atom is -0.329 e. The van der Waals surface area contributed by atoms with Gasteiger partial charge in [0, 0.05) is 37.1 Å². The first-order valence-corrected chi connectivity index (χ1v) is 9.47. The highest BCUT2D eigenvalue weighted by Crippen LogP contribution is 2.41. The predicted molar refractivity (Wildman–Crippen MR) is 110 cm³/mol. The lowest BCUT2D eigenvalue weighted by Crippen LogP contribution is -2.19. The van der Waals surface area contributed by atoms with Crippen LogP contribution in [0.4, 0.5) is 5.00 Å². The Labute approximate surface area is 158 Å². The molecule has 2 heterocycles. The fourth-order valence-corrected chi connectivity index (χ4v) is 3.08. The molecule has 0 bridgehead atoms. The lowest BCUT2D eigenvalue weighted by Gasteiger charge is -2.06. The molecule has 1 N–H and O–H groups in total. The molecule has 0 aromatic carbocycles. The second kappa shape index (κ2) is 8.23. The Morgan fingerprint density at radius 1 is 1.35 bits per heavy atom. The van der Waals surface area contributed by atoms with Crippen molar-refractivity contribution >= 4 is 33.7 Å². The Bertz CT molecular complexity index is 879. The number of hydrogen-bond acceptors (Lipinski definition) is 5. The fourth-order valence-electron chi connectivity index (χ4n) is 2.36. The topological polar surface area (TPSA) is 67.5 Å². The predicted octanol–water partition coefficient (Wildman–Crippen LogP) is 4.62. The van der Waals surface area contributed by atoms with Gasteiger partial charge in [-0.25, -0.2) is 4.99 Å². The quantitative estimate of drug-likeness (QED) is 0.597. The molecular weight excluding hydrogens is 344 g/mol. The van der Waals surface area contributed by atoms with E-state index in [1.54, 1.807) is 10.9 Å². The van der Waals surface area contributed by atoms with Crippen molar-refractivity contribution in [3.63, 3.8) is 0 Å². The number of anilines is 1. The van der Waals surface area contributed by atoms with E-state index in [9.17, 15) is 0 Å². The van der Waals surface area contributed by atoms with Crippen LogP contribution in [0.1, 0.15) is 50.8 Å². The highest BCUT2D eigenvalue weighted by atomic mass is 32.1. The number of rotatable bonds is 6. The molecule has 0 unspecified atom stereocenters. The zero-order valence-corrected chi connectivity index (χ0v) is 16.4. The maximum atomic E-state index is 4.59. The van der Waals surface area contributed by atoms with Crippen LogP contribution in [0, 0.1) is 0 Å². The van der Waals surface area contributed by atoms with E-state index in [1.807, 2.05) is 52.5 Å². The molecule has 0 saturated heterocycles. The minimum atomic E-state index is 0.651. The van der Waals surface area contributed by atoms with Crippen LogP contribution >= 0.6 is 11.5 Å². The molecule has 6 nitrogen and oxygen atoms in total. The van der Waals surface area contributed by atoms with Gasteiger partial charge in [0.25, 0.3) is 0 Å². The number of aryl methyl sites for hydroxylation is 1. The Morgan fingerprint density at radius 3 is 2.81 bits per heavy atom. The molecule has 2 aromatic rings. The number of aromatic nitrogens is 3. The summed E-state index contributed by atoms with van der Waals surface area (Å²) >= 11 is 1.47.